The summed E-state index contributed by atoms with van der Waals surface area (Å²) < 4.78 is 0. The lowest BCUT2D eigenvalue weighted by Crippen LogP contribution is -2.32. The molecule has 0 aromatic heterocycles. The molecule has 24 heavy (non-hydrogen) atoms. The lowest BCUT2D eigenvalue weighted by Gasteiger charge is -2.19. The zero-order valence-corrected chi connectivity index (χ0v) is 13.8. The number of rotatable bonds is 7. The van der Waals surface area contributed by atoms with Gasteiger partial charge in [-0.1, -0.05) is 31.2 Å². The minimum absolute atomic E-state index is 0.0434. The third-order valence-electron chi connectivity index (χ3n) is 4.24. The molecular weight excluding hydrogens is 306 g/mol. The Labute approximate surface area is 140 Å². The average Bonchev–Trinajstić information content (AvgIpc) is 2.60. The van der Waals surface area contributed by atoms with E-state index in [-0.39, 0.29) is 11.1 Å². The highest BCUT2D eigenvalue weighted by Crippen LogP contribution is 2.32. The predicted molar refractivity (Wildman–Crippen MR) is 93.9 cm³/mol. The van der Waals surface area contributed by atoms with Crippen molar-refractivity contribution in [3.05, 3.63) is 46.5 Å². The fourth-order valence-electron chi connectivity index (χ4n) is 3.23. The number of carbonyl (C=O) groups excluding carboxylic acids is 1. The van der Waals surface area contributed by atoms with Gasteiger partial charge in [0.1, 0.15) is 0 Å². The van der Waals surface area contributed by atoms with E-state index in [1.165, 1.54) is 0 Å². The smallest absolute Gasteiger partial charge is 0.336 e. The standard InChI is InChI=1S/C18H23N3O3/c1-2-11-12(8-5-6-10-19)13-7-3-4-9-14(13)15(17(22)21-20)16(11)18(23)24/h3-4,7,9H,2,5-6,8,10,19-20H2,1H3,(H,21,22)(H,23,24). The number of carbonyl (C=O) groups is 2. The Morgan fingerprint density at radius 1 is 1.08 bits per heavy atom. The maximum atomic E-state index is 12.3. The summed E-state index contributed by atoms with van der Waals surface area (Å²) in [5, 5.41) is 11.2. The van der Waals surface area contributed by atoms with Crippen molar-refractivity contribution in [1.82, 2.24) is 5.43 Å². The Morgan fingerprint density at radius 2 is 1.75 bits per heavy atom. The summed E-state index contributed by atoms with van der Waals surface area (Å²) in [5.74, 6) is 3.58. The largest absolute Gasteiger partial charge is 0.478 e. The van der Waals surface area contributed by atoms with Crippen LogP contribution in [0.15, 0.2) is 24.3 Å². The number of hydrazine groups is 1. The first-order valence-electron chi connectivity index (χ1n) is 8.07. The highest BCUT2D eigenvalue weighted by Gasteiger charge is 2.26. The van der Waals surface area contributed by atoms with Crippen molar-refractivity contribution in [3.63, 3.8) is 0 Å². The van der Waals surface area contributed by atoms with Crippen LogP contribution in [0.4, 0.5) is 0 Å². The summed E-state index contributed by atoms with van der Waals surface area (Å²) in [6.07, 6.45) is 2.99. The fraction of sp³-hybridized carbons (Fsp3) is 0.333. The summed E-state index contributed by atoms with van der Waals surface area (Å²) in [6, 6.07) is 7.36. The summed E-state index contributed by atoms with van der Waals surface area (Å²) in [5.41, 5.74) is 9.49. The SMILES string of the molecule is CCc1c(C(=O)O)c(C(=O)NN)c2ccccc2c1CCCCN. The van der Waals surface area contributed by atoms with Gasteiger partial charge in [-0.15, -0.1) is 0 Å². The number of carboxylic acid groups (broad SMARTS) is 1. The van der Waals surface area contributed by atoms with Crippen molar-refractivity contribution in [1.29, 1.82) is 0 Å². The number of carboxylic acids is 1. The number of fused-ring (bicyclic) bond motifs is 1. The van der Waals surface area contributed by atoms with Gasteiger partial charge in [0.15, 0.2) is 0 Å². The Morgan fingerprint density at radius 3 is 2.29 bits per heavy atom. The molecule has 128 valence electrons. The van der Waals surface area contributed by atoms with Gasteiger partial charge in [0.05, 0.1) is 11.1 Å². The van der Waals surface area contributed by atoms with Crippen LogP contribution in [0.5, 0.6) is 0 Å². The molecule has 0 radical (unpaired) electrons. The Balaban J connectivity index is 2.85. The van der Waals surface area contributed by atoms with E-state index in [4.69, 9.17) is 11.6 Å². The van der Waals surface area contributed by atoms with Gasteiger partial charge < -0.3 is 10.8 Å². The minimum atomic E-state index is -1.11. The number of nitrogen functional groups attached to an aromatic ring is 1. The molecule has 6 nitrogen and oxygen atoms in total. The van der Waals surface area contributed by atoms with Crippen LogP contribution < -0.4 is 17.0 Å². The Hall–Kier alpha value is -2.44. The van der Waals surface area contributed by atoms with E-state index in [0.29, 0.717) is 23.9 Å². The van der Waals surface area contributed by atoms with Crippen LogP contribution in [-0.4, -0.2) is 23.5 Å². The first-order valence-corrected chi connectivity index (χ1v) is 8.07. The monoisotopic (exact) mass is 329 g/mol. The van der Waals surface area contributed by atoms with Gasteiger partial charge in [-0.05, 0) is 54.1 Å². The van der Waals surface area contributed by atoms with Gasteiger partial charge in [0, 0.05) is 0 Å². The molecule has 0 aliphatic rings. The summed E-state index contributed by atoms with van der Waals surface area (Å²) >= 11 is 0. The second-order valence-electron chi connectivity index (χ2n) is 5.63. The van der Waals surface area contributed by atoms with Crippen LogP contribution in [0.1, 0.15) is 51.6 Å². The van der Waals surface area contributed by atoms with Crippen LogP contribution in [0, 0.1) is 0 Å². The van der Waals surface area contributed by atoms with Gasteiger partial charge in [-0.3, -0.25) is 10.2 Å². The van der Waals surface area contributed by atoms with Gasteiger partial charge in [-0.2, -0.15) is 0 Å². The fourth-order valence-corrected chi connectivity index (χ4v) is 3.23. The lowest BCUT2D eigenvalue weighted by molar-refractivity contribution is 0.0690. The first kappa shape index (κ1) is 17.9. The number of aryl methyl sites for hydroxylation is 1. The van der Waals surface area contributed by atoms with Gasteiger partial charge in [-0.25, -0.2) is 10.6 Å². The molecule has 0 saturated carbocycles. The zero-order valence-electron chi connectivity index (χ0n) is 13.8. The summed E-state index contributed by atoms with van der Waals surface area (Å²) in [6.45, 7) is 2.49. The van der Waals surface area contributed by atoms with Crippen molar-refractivity contribution < 1.29 is 14.7 Å². The van der Waals surface area contributed by atoms with Gasteiger partial charge in [0.2, 0.25) is 0 Å². The second-order valence-corrected chi connectivity index (χ2v) is 5.63. The molecule has 2 aromatic carbocycles. The predicted octanol–water partition coefficient (Wildman–Crippen LogP) is 1.99. The maximum absolute atomic E-state index is 12.3. The van der Waals surface area contributed by atoms with Gasteiger partial charge >= 0.3 is 5.97 Å². The van der Waals surface area contributed by atoms with Crippen LogP contribution in [0.3, 0.4) is 0 Å². The quantitative estimate of drug-likeness (QED) is 0.268. The number of benzene rings is 2. The Kier molecular flexibility index (Phi) is 5.89. The van der Waals surface area contributed by atoms with E-state index >= 15 is 0 Å². The molecule has 0 atom stereocenters. The number of unbranched alkanes of at least 4 members (excludes halogenated alkanes) is 1. The number of aromatic carboxylic acids is 1. The molecule has 2 aromatic rings. The number of nitrogens with two attached hydrogens (primary N) is 2. The molecule has 0 spiro atoms. The van der Waals surface area contributed by atoms with Crippen molar-refractivity contribution in [3.8, 4) is 0 Å². The number of nitrogens with one attached hydrogen (secondary N) is 1. The molecule has 0 bridgehead atoms. The van der Waals surface area contributed by atoms with E-state index in [0.717, 1.165) is 30.2 Å². The van der Waals surface area contributed by atoms with Crippen molar-refractivity contribution in [2.75, 3.05) is 6.54 Å². The molecule has 6 heteroatoms. The third-order valence-corrected chi connectivity index (χ3v) is 4.24. The summed E-state index contributed by atoms with van der Waals surface area (Å²) in [4.78, 5) is 24.2. The molecule has 0 unspecified atom stereocenters. The van der Waals surface area contributed by atoms with Crippen LogP contribution in [0.25, 0.3) is 10.8 Å². The minimum Gasteiger partial charge on any atom is -0.478 e. The zero-order chi connectivity index (χ0) is 17.7. The highest BCUT2D eigenvalue weighted by atomic mass is 16.4. The van der Waals surface area contributed by atoms with Crippen LogP contribution in [-0.2, 0) is 12.8 Å². The Bertz CT molecular complexity index is 772. The molecule has 6 N–H and O–H groups in total. The lowest BCUT2D eigenvalue weighted by atomic mass is 9.85. The average molecular weight is 329 g/mol. The number of hydrogen-bond donors (Lipinski definition) is 4. The highest BCUT2D eigenvalue weighted by molar-refractivity contribution is 6.15. The molecule has 0 aliphatic heterocycles. The topological polar surface area (TPSA) is 118 Å². The van der Waals surface area contributed by atoms with E-state index < -0.39 is 11.9 Å². The third kappa shape index (κ3) is 3.25. The van der Waals surface area contributed by atoms with E-state index in [1.807, 2.05) is 19.1 Å². The molecule has 0 aliphatic carbocycles. The molecule has 0 fully saturated rings. The molecule has 2 rings (SSSR count). The van der Waals surface area contributed by atoms with Crippen LogP contribution >= 0.6 is 0 Å². The first-order chi connectivity index (χ1) is 11.6. The van der Waals surface area contributed by atoms with E-state index in [1.54, 1.807) is 12.1 Å². The van der Waals surface area contributed by atoms with E-state index in [2.05, 4.69) is 5.43 Å². The molecular formula is C18H23N3O3. The van der Waals surface area contributed by atoms with Crippen molar-refractivity contribution in [2.24, 2.45) is 11.6 Å². The molecule has 0 saturated heterocycles. The number of hydrogen-bond acceptors (Lipinski definition) is 4. The molecule has 0 heterocycles. The van der Waals surface area contributed by atoms with Crippen molar-refractivity contribution >= 4 is 22.6 Å². The van der Waals surface area contributed by atoms with Crippen LogP contribution in [0.2, 0.25) is 0 Å². The van der Waals surface area contributed by atoms with Crippen molar-refractivity contribution in [2.45, 2.75) is 32.6 Å². The second kappa shape index (κ2) is 7.90. The van der Waals surface area contributed by atoms with E-state index in [9.17, 15) is 14.7 Å². The molecule has 1 amide bonds. The summed E-state index contributed by atoms with van der Waals surface area (Å²) in [7, 11) is 0. The normalized spacial score (nSPS) is 10.8. The number of amides is 1. The van der Waals surface area contributed by atoms with Gasteiger partial charge in [0.25, 0.3) is 5.91 Å². The maximum Gasteiger partial charge on any atom is 0.336 e.